The number of hydrogen-bond acceptors (Lipinski definition) is 5. The van der Waals surface area contributed by atoms with Gasteiger partial charge in [0.25, 0.3) is 0 Å². The zero-order chi connectivity index (χ0) is 22.9. The Morgan fingerprint density at radius 3 is 1.53 bits per heavy atom. The molecule has 6 nitrogen and oxygen atoms in total. The summed E-state index contributed by atoms with van der Waals surface area (Å²) >= 11 is 0. The standard InChI is InChI=1S/C26H21NO5/c28-21-12-6-18(7-13-21)10-16-23(30)25(26(32)27-20-4-2-1-3-5-20)24(31)17-11-19-8-14-22(29)15-9-19/h1-17,25,28-29H,(H,27,32). The van der Waals surface area contributed by atoms with Crippen LogP contribution in [0.1, 0.15) is 11.1 Å². The van der Waals surface area contributed by atoms with Crippen molar-refractivity contribution in [2.45, 2.75) is 0 Å². The minimum atomic E-state index is -1.57. The second-order valence-electron chi connectivity index (χ2n) is 6.94. The maximum atomic E-state index is 12.8. The van der Waals surface area contributed by atoms with Gasteiger partial charge < -0.3 is 15.5 Å². The highest BCUT2D eigenvalue weighted by atomic mass is 16.3. The number of hydrogen-bond donors (Lipinski definition) is 3. The lowest BCUT2D eigenvalue weighted by molar-refractivity contribution is -0.134. The number of ketones is 2. The molecule has 0 aromatic heterocycles. The van der Waals surface area contributed by atoms with E-state index in [0.29, 0.717) is 16.8 Å². The van der Waals surface area contributed by atoms with Crippen molar-refractivity contribution in [1.82, 2.24) is 0 Å². The Hall–Kier alpha value is -4.45. The zero-order valence-electron chi connectivity index (χ0n) is 17.0. The molecule has 1 amide bonds. The second kappa shape index (κ2) is 10.5. The van der Waals surface area contributed by atoms with E-state index >= 15 is 0 Å². The van der Waals surface area contributed by atoms with Crippen LogP contribution < -0.4 is 5.32 Å². The number of carbonyl (C=O) groups is 3. The highest BCUT2D eigenvalue weighted by Crippen LogP contribution is 2.15. The molecule has 0 bridgehead atoms. The first-order chi connectivity index (χ1) is 15.4. The van der Waals surface area contributed by atoms with Crippen LogP contribution in [-0.4, -0.2) is 27.7 Å². The van der Waals surface area contributed by atoms with E-state index in [1.165, 1.54) is 48.6 Å². The Balaban J connectivity index is 1.82. The number of aromatic hydroxyl groups is 2. The van der Waals surface area contributed by atoms with Crippen molar-refractivity contribution in [3.05, 3.63) is 102 Å². The molecule has 3 aromatic carbocycles. The summed E-state index contributed by atoms with van der Waals surface area (Å²) in [7, 11) is 0. The SMILES string of the molecule is O=C(C=Cc1ccc(O)cc1)C(C(=O)C=Cc1ccc(O)cc1)C(=O)Nc1ccccc1. The van der Waals surface area contributed by atoms with Gasteiger partial charge >= 0.3 is 0 Å². The minimum Gasteiger partial charge on any atom is -0.508 e. The van der Waals surface area contributed by atoms with E-state index < -0.39 is 23.4 Å². The molecule has 0 aliphatic rings. The smallest absolute Gasteiger partial charge is 0.243 e. The number of benzene rings is 3. The van der Waals surface area contributed by atoms with Gasteiger partial charge in [0.05, 0.1) is 0 Å². The van der Waals surface area contributed by atoms with Crippen LogP contribution in [0.4, 0.5) is 5.69 Å². The lowest BCUT2D eigenvalue weighted by Gasteiger charge is -2.12. The molecule has 0 aliphatic carbocycles. The molecule has 0 heterocycles. The number of rotatable bonds is 8. The van der Waals surface area contributed by atoms with Gasteiger partial charge in [-0.3, -0.25) is 14.4 Å². The summed E-state index contributed by atoms with van der Waals surface area (Å²) in [4.78, 5) is 38.5. The first-order valence-corrected chi connectivity index (χ1v) is 9.80. The van der Waals surface area contributed by atoms with Crippen LogP contribution in [0.2, 0.25) is 0 Å². The molecular weight excluding hydrogens is 406 g/mol. The number of phenolic OH excluding ortho intramolecular Hbond substituents is 2. The van der Waals surface area contributed by atoms with Crippen LogP contribution in [0.15, 0.2) is 91.0 Å². The Morgan fingerprint density at radius 1 is 0.656 bits per heavy atom. The number of carbonyl (C=O) groups excluding carboxylic acids is 3. The molecule has 0 saturated heterocycles. The monoisotopic (exact) mass is 427 g/mol. The highest BCUT2D eigenvalue weighted by molar-refractivity contribution is 6.28. The van der Waals surface area contributed by atoms with E-state index in [2.05, 4.69) is 5.32 Å². The maximum Gasteiger partial charge on any atom is 0.243 e. The van der Waals surface area contributed by atoms with E-state index in [9.17, 15) is 24.6 Å². The van der Waals surface area contributed by atoms with E-state index in [4.69, 9.17) is 0 Å². The molecule has 0 unspecified atom stereocenters. The average molecular weight is 427 g/mol. The Morgan fingerprint density at radius 2 is 1.09 bits per heavy atom. The molecule has 6 heteroatoms. The van der Waals surface area contributed by atoms with Crippen molar-refractivity contribution >= 4 is 35.3 Å². The molecule has 32 heavy (non-hydrogen) atoms. The predicted octanol–water partition coefficient (Wildman–Crippen LogP) is 4.22. The van der Waals surface area contributed by atoms with Gasteiger partial charge in [-0.2, -0.15) is 0 Å². The maximum absolute atomic E-state index is 12.8. The number of anilines is 1. The lowest BCUT2D eigenvalue weighted by atomic mass is 9.95. The molecule has 0 fully saturated rings. The van der Waals surface area contributed by atoms with Gasteiger partial charge in [-0.05, 0) is 59.7 Å². The van der Waals surface area contributed by atoms with Crippen LogP contribution in [0.5, 0.6) is 11.5 Å². The summed E-state index contributed by atoms with van der Waals surface area (Å²) < 4.78 is 0. The number of allylic oxidation sites excluding steroid dienone is 2. The Labute approximate surface area is 185 Å². The summed E-state index contributed by atoms with van der Waals surface area (Å²) in [6, 6.07) is 20.8. The van der Waals surface area contributed by atoms with Crippen LogP contribution >= 0.6 is 0 Å². The fraction of sp³-hybridized carbons (Fsp3) is 0.0385. The lowest BCUT2D eigenvalue weighted by Crippen LogP contribution is -2.34. The molecule has 3 N–H and O–H groups in total. The van der Waals surface area contributed by atoms with E-state index in [1.807, 2.05) is 0 Å². The van der Waals surface area contributed by atoms with E-state index in [0.717, 1.165) is 0 Å². The largest absolute Gasteiger partial charge is 0.508 e. The van der Waals surface area contributed by atoms with Gasteiger partial charge in [0.15, 0.2) is 17.5 Å². The van der Waals surface area contributed by atoms with Crippen molar-refractivity contribution in [3.63, 3.8) is 0 Å². The van der Waals surface area contributed by atoms with Crippen molar-refractivity contribution in [3.8, 4) is 11.5 Å². The fourth-order valence-corrected chi connectivity index (χ4v) is 2.85. The van der Waals surface area contributed by atoms with Gasteiger partial charge in [-0.15, -0.1) is 0 Å². The summed E-state index contributed by atoms with van der Waals surface area (Å²) in [6.07, 6.45) is 5.30. The van der Waals surface area contributed by atoms with Crippen LogP contribution in [0.25, 0.3) is 12.2 Å². The third kappa shape index (κ3) is 6.27. The number of para-hydroxylation sites is 1. The third-order valence-electron chi connectivity index (χ3n) is 4.54. The first-order valence-electron chi connectivity index (χ1n) is 9.80. The molecule has 0 atom stereocenters. The summed E-state index contributed by atoms with van der Waals surface area (Å²) in [6.45, 7) is 0. The van der Waals surface area contributed by atoms with Gasteiger partial charge in [-0.25, -0.2) is 0 Å². The van der Waals surface area contributed by atoms with Crippen LogP contribution in [0.3, 0.4) is 0 Å². The van der Waals surface area contributed by atoms with Gasteiger partial charge in [0.1, 0.15) is 11.5 Å². The van der Waals surface area contributed by atoms with Gasteiger partial charge in [-0.1, -0.05) is 54.6 Å². The molecule has 0 spiro atoms. The molecular formula is C26H21NO5. The Bertz CT molecular complexity index is 1080. The predicted molar refractivity (Wildman–Crippen MR) is 123 cm³/mol. The molecule has 3 rings (SSSR count). The van der Waals surface area contributed by atoms with Crippen molar-refractivity contribution in [2.75, 3.05) is 5.32 Å². The molecule has 0 aliphatic heterocycles. The quantitative estimate of drug-likeness (QED) is 0.369. The van der Waals surface area contributed by atoms with Crippen LogP contribution in [0, 0.1) is 5.92 Å². The topological polar surface area (TPSA) is 104 Å². The van der Waals surface area contributed by atoms with Gasteiger partial charge in [0, 0.05) is 5.69 Å². The number of phenols is 2. The normalized spacial score (nSPS) is 12.0. The van der Waals surface area contributed by atoms with Crippen LogP contribution in [-0.2, 0) is 14.4 Å². The molecule has 0 radical (unpaired) electrons. The van der Waals surface area contributed by atoms with Crippen molar-refractivity contribution < 1.29 is 24.6 Å². The van der Waals surface area contributed by atoms with Gasteiger partial charge in [0.2, 0.25) is 5.91 Å². The number of nitrogens with one attached hydrogen (secondary N) is 1. The van der Waals surface area contributed by atoms with E-state index in [-0.39, 0.29) is 11.5 Å². The van der Waals surface area contributed by atoms with Crippen molar-refractivity contribution in [1.29, 1.82) is 0 Å². The Kier molecular flexibility index (Phi) is 7.33. The summed E-state index contributed by atoms with van der Waals surface area (Å²) in [5, 5.41) is 21.3. The zero-order valence-corrected chi connectivity index (χ0v) is 17.0. The molecule has 0 saturated carbocycles. The number of amides is 1. The molecule has 3 aromatic rings. The minimum absolute atomic E-state index is 0.0862. The first kappa shape index (κ1) is 22.2. The highest BCUT2D eigenvalue weighted by Gasteiger charge is 2.30. The van der Waals surface area contributed by atoms with Crippen molar-refractivity contribution in [2.24, 2.45) is 5.92 Å². The summed E-state index contributed by atoms with van der Waals surface area (Å²) in [5.41, 5.74) is 1.73. The summed E-state index contributed by atoms with van der Waals surface area (Å²) in [5.74, 6) is -3.49. The third-order valence-corrected chi connectivity index (χ3v) is 4.54. The second-order valence-corrected chi connectivity index (χ2v) is 6.94. The fourth-order valence-electron chi connectivity index (χ4n) is 2.85. The molecule has 160 valence electrons. The van der Waals surface area contributed by atoms with E-state index in [1.54, 1.807) is 54.6 Å². The average Bonchev–Trinajstić information content (AvgIpc) is 2.79.